The Balaban J connectivity index is 1.56. The Morgan fingerprint density at radius 2 is 2.06 bits per heavy atom. The first kappa shape index (κ1) is 23.3. The Morgan fingerprint density at radius 1 is 1.33 bits per heavy atom. The lowest BCUT2D eigenvalue weighted by atomic mass is 9.88. The number of benzene rings is 1. The van der Waals surface area contributed by atoms with E-state index in [9.17, 15) is 14.4 Å². The van der Waals surface area contributed by atoms with Gasteiger partial charge in [0.25, 0.3) is 0 Å². The van der Waals surface area contributed by atoms with Crippen molar-refractivity contribution in [1.82, 2.24) is 5.27 Å². The van der Waals surface area contributed by atoms with Crippen molar-refractivity contribution < 1.29 is 23.5 Å². The molecule has 33 heavy (non-hydrogen) atoms. The Kier molecular flexibility index (Phi) is 6.76. The predicted octanol–water partition coefficient (Wildman–Crippen LogP) is 3.65. The van der Waals surface area contributed by atoms with Gasteiger partial charge in [0.1, 0.15) is 5.00 Å². The molecule has 0 saturated carbocycles. The second kappa shape index (κ2) is 9.56. The lowest BCUT2D eigenvalue weighted by molar-refractivity contribution is -0.704. The van der Waals surface area contributed by atoms with Crippen LogP contribution < -0.4 is 15.6 Å². The zero-order valence-electron chi connectivity index (χ0n) is 18.9. The number of esters is 1. The summed E-state index contributed by atoms with van der Waals surface area (Å²) in [5.41, 5.74) is 2.67. The molecule has 174 valence electrons. The van der Waals surface area contributed by atoms with Crippen molar-refractivity contribution in [3.63, 3.8) is 0 Å². The third-order valence-electron chi connectivity index (χ3n) is 5.70. The predicted molar refractivity (Wildman–Crippen MR) is 126 cm³/mol. The number of fused-ring (bicyclic) bond motifs is 1. The second-order valence-corrected chi connectivity index (χ2v) is 10.7. The van der Waals surface area contributed by atoms with Crippen LogP contribution in [0.1, 0.15) is 46.6 Å². The van der Waals surface area contributed by atoms with Crippen LogP contribution in [0.25, 0.3) is 5.69 Å². The number of ether oxygens (including phenoxy) is 1. The number of aromatic amines is 1. The van der Waals surface area contributed by atoms with Crippen molar-refractivity contribution in [1.29, 1.82) is 0 Å². The maximum Gasteiger partial charge on any atom is 0.442 e. The number of rotatable bonds is 6. The third-order valence-corrected chi connectivity index (χ3v) is 8.00. The fourth-order valence-electron chi connectivity index (χ4n) is 3.82. The summed E-state index contributed by atoms with van der Waals surface area (Å²) in [6.45, 7) is 5.86. The van der Waals surface area contributed by atoms with E-state index in [1.165, 1.54) is 23.1 Å². The Hall–Kier alpha value is -2.85. The highest BCUT2D eigenvalue weighted by atomic mass is 32.2. The average molecular weight is 489 g/mol. The molecule has 0 radical (unpaired) electrons. The Bertz CT molecular complexity index is 1240. The van der Waals surface area contributed by atoms with Gasteiger partial charge in [0.2, 0.25) is 11.6 Å². The minimum atomic E-state index is -0.621. The van der Waals surface area contributed by atoms with Crippen LogP contribution >= 0.6 is 23.1 Å². The summed E-state index contributed by atoms with van der Waals surface area (Å²) in [5, 5.41) is 5.63. The van der Waals surface area contributed by atoms with Crippen LogP contribution in [0.4, 0.5) is 5.00 Å². The molecule has 2 aromatic heterocycles. The maximum atomic E-state index is 13.1. The molecule has 8 nitrogen and oxygen atoms in total. The number of H-pyrrole nitrogens is 1. The summed E-state index contributed by atoms with van der Waals surface area (Å²) in [5.74, 6) is -0.223. The molecule has 0 fully saturated rings. The van der Waals surface area contributed by atoms with E-state index < -0.39 is 16.8 Å². The average Bonchev–Trinajstić information content (AvgIpc) is 3.33. The molecule has 1 aliphatic rings. The van der Waals surface area contributed by atoms with Crippen molar-refractivity contribution in [2.24, 2.45) is 5.92 Å². The van der Waals surface area contributed by atoms with E-state index in [4.69, 9.17) is 9.26 Å². The van der Waals surface area contributed by atoms with E-state index in [1.54, 1.807) is 6.92 Å². The van der Waals surface area contributed by atoms with Crippen LogP contribution in [0.5, 0.6) is 0 Å². The summed E-state index contributed by atoms with van der Waals surface area (Å²) in [4.78, 5) is 39.0. The van der Waals surface area contributed by atoms with Crippen LogP contribution in [-0.2, 0) is 22.4 Å². The van der Waals surface area contributed by atoms with Crippen molar-refractivity contribution >= 4 is 40.0 Å². The van der Waals surface area contributed by atoms with Gasteiger partial charge in [-0.1, -0.05) is 24.6 Å². The van der Waals surface area contributed by atoms with Gasteiger partial charge in [0.15, 0.2) is 0 Å². The molecule has 3 aromatic rings. The molecule has 0 saturated heterocycles. The molecule has 2 N–H and O–H groups in total. The minimum Gasteiger partial charge on any atom is -0.465 e. The Morgan fingerprint density at radius 3 is 2.76 bits per heavy atom. The first-order valence-corrected chi connectivity index (χ1v) is 12.4. The molecule has 1 aromatic carbocycles. The molecule has 0 aliphatic heterocycles. The topological polar surface area (TPSA) is 105 Å². The molecule has 1 aliphatic carbocycles. The number of hydrogen-bond acceptors (Lipinski definition) is 7. The quantitative estimate of drug-likeness (QED) is 0.312. The van der Waals surface area contributed by atoms with Gasteiger partial charge < -0.3 is 10.1 Å². The standard InChI is InChI=1S/C23H25N3O5S2/c1-12-5-8-15(9-6-12)26-21(23(29)31-25-26)32-14(3)19(27)24-20-18(22(28)30-4)16-10-7-13(2)11-17(16)33-20/h5-6,8-9,13-14H,7,10-11H2,1-4H3,(H-,24,25,27,28,29)/p+1. The first-order chi connectivity index (χ1) is 15.8. The minimum absolute atomic E-state index is 0.258. The van der Waals surface area contributed by atoms with E-state index >= 15 is 0 Å². The number of methoxy groups -OCH3 is 1. The van der Waals surface area contributed by atoms with E-state index in [1.807, 2.05) is 31.2 Å². The van der Waals surface area contributed by atoms with Gasteiger partial charge in [0.05, 0.1) is 17.9 Å². The molecule has 2 heterocycles. The van der Waals surface area contributed by atoms with Crippen LogP contribution in [0.3, 0.4) is 0 Å². The van der Waals surface area contributed by atoms with E-state index in [0.717, 1.165) is 52.7 Å². The number of amides is 1. The summed E-state index contributed by atoms with van der Waals surface area (Å²) in [7, 11) is 1.34. The molecule has 2 atom stereocenters. The van der Waals surface area contributed by atoms with Gasteiger partial charge in [0, 0.05) is 17.0 Å². The summed E-state index contributed by atoms with van der Waals surface area (Å²) in [6, 6.07) is 7.56. The number of thiophene rings is 1. The van der Waals surface area contributed by atoms with Gasteiger partial charge in [-0.2, -0.15) is 0 Å². The van der Waals surface area contributed by atoms with Crippen molar-refractivity contribution in [3.05, 3.63) is 56.3 Å². The SMILES string of the molecule is COC(=O)c1c(NC(=O)C(C)Sc2c(=O)o[nH][n+]2-c2ccc(C)cc2)sc2c1CCC(C)C2. The number of nitrogens with one attached hydrogen (secondary N) is 2. The largest absolute Gasteiger partial charge is 0.465 e. The number of anilines is 1. The third kappa shape index (κ3) is 4.77. The molecule has 2 unspecified atom stereocenters. The summed E-state index contributed by atoms with van der Waals surface area (Å²) in [6.07, 6.45) is 2.67. The van der Waals surface area contributed by atoms with Gasteiger partial charge in [-0.15, -0.1) is 11.3 Å². The number of nitrogens with zero attached hydrogens (tertiary/aromatic N) is 1. The van der Waals surface area contributed by atoms with Crippen LogP contribution in [0.2, 0.25) is 0 Å². The molecule has 0 bridgehead atoms. The maximum absolute atomic E-state index is 13.1. The summed E-state index contributed by atoms with van der Waals surface area (Å²) >= 11 is 2.52. The fraction of sp³-hybridized carbons (Fsp3) is 0.391. The molecule has 0 spiro atoms. The lowest BCUT2D eigenvalue weighted by Crippen LogP contribution is -2.37. The van der Waals surface area contributed by atoms with Gasteiger partial charge in [-0.25, -0.2) is 9.59 Å². The van der Waals surface area contributed by atoms with Crippen LogP contribution in [-0.4, -0.2) is 29.5 Å². The van der Waals surface area contributed by atoms with Crippen LogP contribution in [0, 0.1) is 12.8 Å². The number of carbonyl (C=O) groups is 2. The first-order valence-electron chi connectivity index (χ1n) is 10.7. The zero-order valence-corrected chi connectivity index (χ0v) is 20.5. The zero-order chi connectivity index (χ0) is 23.7. The van der Waals surface area contributed by atoms with Crippen molar-refractivity contribution in [3.8, 4) is 5.69 Å². The second-order valence-electron chi connectivity index (χ2n) is 8.25. The van der Waals surface area contributed by atoms with E-state index in [0.29, 0.717) is 16.5 Å². The number of aromatic nitrogens is 2. The van der Waals surface area contributed by atoms with Gasteiger partial charge >= 0.3 is 16.6 Å². The normalized spacial score (nSPS) is 16.2. The number of hydrogen-bond donors (Lipinski definition) is 2. The summed E-state index contributed by atoms with van der Waals surface area (Å²) < 4.78 is 11.5. The Labute approximate surface area is 199 Å². The van der Waals surface area contributed by atoms with Crippen molar-refractivity contribution in [2.45, 2.75) is 50.3 Å². The molecule has 4 rings (SSSR count). The molecule has 10 heteroatoms. The smallest absolute Gasteiger partial charge is 0.442 e. The van der Waals surface area contributed by atoms with Crippen molar-refractivity contribution in [2.75, 3.05) is 12.4 Å². The highest BCUT2D eigenvalue weighted by Crippen LogP contribution is 2.40. The monoisotopic (exact) mass is 488 g/mol. The molecular weight excluding hydrogens is 462 g/mol. The van der Waals surface area contributed by atoms with Gasteiger partial charge in [-0.3, -0.25) is 9.32 Å². The highest BCUT2D eigenvalue weighted by molar-refractivity contribution is 8.00. The molecular formula is C23H26N3O5S2+. The molecule has 1 amide bonds. The van der Waals surface area contributed by atoms with Crippen LogP contribution in [0.15, 0.2) is 38.6 Å². The number of aryl methyl sites for hydroxylation is 1. The lowest BCUT2D eigenvalue weighted by Gasteiger charge is -2.18. The number of thioether (sulfide) groups is 1. The van der Waals surface area contributed by atoms with E-state index in [-0.39, 0.29) is 10.9 Å². The number of carbonyl (C=O) groups excluding carboxylic acids is 2. The fourth-order valence-corrected chi connectivity index (χ4v) is 6.11. The highest BCUT2D eigenvalue weighted by Gasteiger charge is 2.32. The van der Waals surface area contributed by atoms with E-state index in [2.05, 4.69) is 17.5 Å². The van der Waals surface area contributed by atoms with Gasteiger partial charge in [-0.05, 0) is 66.3 Å².